The lowest BCUT2D eigenvalue weighted by Crippen LogP contribution is -2.46. The van der Waals surface area contributed by atoms with Gasteiger partial charge in [0.2, 0.25) is 0 Å². The molecular formula is C19H26ClN3O. The number of hydrogen-bond acceptors (Lipinski definition) is 4. The molecular weight excluding hydrogens is 322 g/mol. The summed E-state index contributed by atoms with van der Waals surface area (Å²) in [5.74, 6) is 0.142. The molecule has 0 N–H and O–H groups in total. The molecule has 1 aromatic carbocycles. The number of nitrogens with zero attached hydrogens (tertiary/aromatic N) is 3. The van der Waals surface area contributed by atoms with Crippen molar-refractivity contribution in [3.05, 3.63) is 33.8 Å². The molecule has 0 radical (unpaired) electrons. The number of hydrazine groups is 1. The standard InChI is InChI=1S/C19H26ClN3O/c1-14-9-16(20)10-15(2)18(14)11-17(24)12-19(13-21)5-7-23(8-6-19)22(3)4/h9-10H,5-8,11-12H2,1-4H3. The lowest BCUT2D eigenvalue weighted by atomic mass is 9.75. The minimum absolute atomic E-state index is 0.142. The van der Waals surface area contributed by atoms with Gasteiger partial charge in [0.05, 0.1) is 11.5 Å². The number of piperidine rings is 1. The SMILES string of the molecule is Cc1cc(Cl)cc(C)c1CC(=O)CC1(C#N)CCN(N(C)C)CC1. The Kier molecular flexibility index (Phi) is 6.03. The smallest absolute Gasteiger partial charge is 0.138 e. The van der Waals surface area contributed by atoms with E-state index in [-0.39, 0.29) is 5.78 Å². The normalized spacial score (nSPS) is 17.7. The van der Waals surface area contributed by atoms with Crippen LogP contribution in [0.15, 0.2) is 12.1 Å². The third-order valence-corrected chi connectivity index (χ3v) is 5.29. The fourth-order valence-corrected chi connectivity index (χ4v) is 3.83. The van der Waals surface area contributed by atoms with Gasteiger partial charge in [0.25, 0.3) is 0 Å². The van der Waals surface area contributed by atoms with Crippen molar-refractivity contribution in [1.29, 1.82) is 5.26 Å². The summed E-state index contributed by atoms with van der Waals surface area (Å²) in [5.41, 5.74) is 2.62. The zero-order valence-corrected chi connectivity index (χ0v) is 15.8. The minimum Gasteiger partial charge on any atom is -0.299 e. The zero-order chi connectivity index (χ0) is 17.9. The second kappa shape index (κ2) is 7.65. The summed E-state index contributed by atoms with van der Waals surface area (Å²) in [6, 6.07) is 6.24. The molecule has 0 aromatic heterocycles. The van der Waals surface area contributed by atoms with E-state index in [1.165, 1.54) is 0 Å². The van der Waals surface area contributed by atoms with E-state index in [1.54, 1.807) is 0 Å². The van der Waals surface area contributed by atoms with Crippen LogP contribution >= 0.6 is 11.6 Å². The van der Waals surface area contributed by atoms with E-state index in [1.807, 2.05) is 40.1 Å². The van der Waals surface area contributed by atoms with E-state index in [9.17, 15) is 10.1 Å². The molecule has 1 aliphatic heterocycles. The maximum atomic E-state index is 12.6. The molecule has 1 saturated heterocycles. The van der Waals surface area contributed by atoms with Crippen molar-refractivity contribution in [2.75, 3.05) is 27.2 Å². The Hall–Kier alpha value is -1.41. The van der Waals surface area contributed by atoms with Crippen LogP contribution in [-0.4, -0.2) is 43.0 Å². The predicted molar refractivity (Wildman–Crippen MR) is 96.8 cm³/mol. The molecule has 1 aromatic rings. The monoisotopic (exact) mass is 347 g/mol. The summed E-state index contributed by atoms with van der Waals surface area (Å²) in [6.07, 6.45) is 2.21. The van der Waals surface area contributed by atoms with Crippen LogP contribution in [0.2, 0.25) is 5.02 Å². The van der Waals surface area contributed by atoms with Gasteiger partial charge in [-0.2, -0.15) is 5.26 Å². The van der Waals surface area contributed by atoms with Crippen LogP contribution in [0.4, 0.5) is 0 Å². The van der Waals surface area contributed by atoms with Crippen LogP contribution in [0.5, 0.6) is 0 Å². The summed E-state index contributed by atoms with van der Waals surface area (Å²) < 4.78 is 0. The number of Topliss-reactive ketones (excluding diaryl/α,β-unsaturated/α-hetero) is 1. The lowest BCUT2D eigenvalue weighted by Gasteiger charge is -2.39. The second-order valence-electron chi connectivity index (χ2n) is 7.10. The highest BCUT2D eigenvalue weighted by Gasteiger charge is 2.37. The average Bonchev–Trinajstić information content (AvgIpc) is 2.51. The molecule has 0 bridgehead atoms. The van der Waals surface area contributed by atoms with Gasteiger partial charge < -0.3 is 0 Å². The minimum atomic E-state index is -0.516. The van der Waals surface area contributed by atoms with Crippen molar-refractivity contribution in [2.24, 2.45) is 5.41 Å². The van der Waals surface area contributed by atoms with Gasteiger partial charge in [-0.25, -0.2) is 10.0 Å². The van der Waals surface area contributed by atoms with Crippen molar-refractivity contribution < 1.29 is 4.79 Å². The fraction of sp³-hybridized carbons (Fsp3) is 0.579. The maximum absolute atomic E-state index is 12.6. The first-order valence-corrected chi connectivity index (χ1v) is 8.75. The highest BCUT2D eigenvalue weighted by atomic mass is 35.5. The molecule has 130 valence electrons. The van der Waals surface area contributed by atoms with E-state index in [0.717, 1.165) is 42.6 Å². The van der Waals surface area contributed by atoms with Gasteiger partial charge in [-0.05, 0) is 55.5 Å². The van der Waals surface area contributed by atoms with Crippen LogP contribution < -0.4 is 0 Å². The van der Waals surface area contributed by atoms with Crippen LogP contribution in [-0.2, 0) is 11.2 Å². The van der Waals surface area contributed by atoms with E-state index in [4.69, 9.17) is 11.6 Å². The summed E-state index contributed by atoms with van der Waals surface area (Å²) in [7, 11) is 4.02. The topological polar surface area (TPSA) is 47.3 Å². The quantitative estimate of drug-likeness (QED) is 0.817. The molecule has 5 heteroatoms. The number of rotatable bonds is 5. The van der Waals surface area contributed by atoms with Gasteiger partial charge in [-0.15, -0.1) is 0 Å². The van der Waals surface area contributed by atoms with Gasteiger partial charge in [-0.1, -0.05) is 11.6 Å². The van der Waals surface area contributed by atoms with Crippen molar-refractivity contribution in [3.63, 3.8) is 0 Å². The van der Waals surface area contributed by atoms with Crippen LogP contribution in [0.25, 0.3) is 0 Å². The van der Waals surface area contributed by atoms with Crippen molar-refractivity contribution in [1.82, 2.24) is 10.0 Å². The number of halogens is 1. The highest BCUT2D eigenvalue weighted by Crippen LogP contribution is 2.35. The Morgan fingerprint density at radius 1 is 1.29 bits per heavy atom. The van der Waals surface area contributed by atoms with Crippen LogP contribution in [0.1, 0.15) is 36.0 Å². The Morgan fingerprint density at radius 2 is 1.83 bits per heavy atom. The summed E-state index contributed by atoms with van der Waals surface area (Å²) in [5, 5.41) is 14.6. The number of carbonyl (C=O) groups is 1. The van der Waals surface area contributed by atoms with Gasteiger partial charge >= 0.3 is 0 Å². The highest BCUT2D eigenvalue weighted by molar-refractivity contribution is 6.30. The van der Waals surface area contributed by atoms with E-state index >= 15 is 0 Å². The molecule has 0 unspecified atom stereocenters. The fourth-order valence-electron chi connectivity index (χ4n) is 3.51. The third kappa shape index (κ3) is 4.36. The first-order chi connectivity index (χ1) is 11.3. The zero-order valence-electron chi connectivity index (χ0n) is 15.0. The first kappa shape index (κ1) is 18.9. The molecule has 1 heterocycles. The number of hydrogen-bond donors (Lipinski definition) is 0. The van der Waals surface area contributed by atoms with E-state index < -0.39 is 5.41 Å². The second-order valence-corrected chi connectivity index (χ2v) is 7.54. The first-order valence-electron chi connectivity index (χ1n) is 8.37. The Bertz CT molecular complexity index is 632. The van der Waals surface area contributed by atoms with Gasteiger partial charge in [0.1, 0.15) is 5.78 Å². The van der Waals surface area contributed by atoms with Crippen molar-refractivity contribution in [3.8, 4) is 6.07 Å². The lowest BCUT2D eigenvalue weighted by molar-refractivity contribution is -0.121. The molecule has 4 nitrogen and oxygen atoms in total. The summed E-state index contributed by atoms with van der Waals surface area (Å²) in [4.78, 5) is 12.6. The van der Waals surface area contributed by atoms with Crippen molar-refractivity contribution in [2.45, 2.75) is 39.5 Å². The van der Waals surface area contributed by atoms with Crippen LogP contribution in [0.3, 0.4) is 0 Å². The predicted octanol–water partition coefficient (Wildman–Crippen LogP) is 3.54. The molecule has 24 heavy (non-hydrogen) atoms. The Labute approximate surface area is 150 Å². The third-order valence-electron chi connectivity index (χ3n) is 5.07. The number of nitriles is 1. The van der Waals surface area contributed by atoms with Gasteiger partial charge in [0, 0.05) is 45.0 Å². The molecule has 2 rings (SSSR count). The molecule has 1 aliphatic rings. The summed E-state index contributed by atoms with van der Waals surface area (Å²) >= 11 is 6.06. The number of aryl methyl sites for hydroxylation is 2. The molecule has 0 saturated carbocycles. The van der Waals surface area contributed by atoms with Crippen LogP contribution in [0, 0.1) is 30.6 Å². The molecule has 0 atom stereocenters. The van der Waals surface area contributed by atoms with Crippen molar-refractivity contribution >= 4 is 17.4 Å². The average molecular weight is 348 g/mol. The molecule has 1 fully saturated rings. The Morgan fingerprint density at radius 3 is 2.29 bits per heavy atom. The van der Waals surface area contributed by atoms with Gasteiger partial charge in [0.15, 0.2) is 0 Å². The number of benzene rings is 1. The Balaban J connectivity index is 2.05. The van der Waals surface area contributed by atoms with E-state index in [0.29, 0.717) is 17.9 Å². The summed E-state index contributed by atoms with van der Waals surface area (Å²) in [6.45, 7) is 5.62. The molecule has 0 amide bonds. The van der Waals surface area contributed by atoms with Gasteiger partial charge in [-0.3, -0.25) is 4.79 Å². The molecule has 0 spiro atoms. The maximum Gasteiger partial charge on any atom is 0.138 e. The number of carbonyl (C=O) groups excluding carboxylic acids is 1. The number of ketones is 1. The van der Waals surface area contributed by atoms with E-state index in [2.05, 4.69) is 16.1 Å². The largest absolute Gasteiger partial charge is 0.299 e. The molecule has 0 aliphatic carbocycles.